The van der Waals surface area contributed by atoms with E-state index in [1.807, 2.05) is 44.2 Å². The molecule has 1 aromatic rings. The average molecular weight is 278 g/mol. The molecule has 0 bridgehead atoms. The van der Waals surface area contributed by atoms with Gasteiger partial charge in [0.05, 0.1) is 12.1 Å². The highest BCUT2D eigenvalue weighted by atomic mass is 16.3. The van der Waals surface area contributed by atoms with Crippen molar-refractivity contribution in [2.24, 2.45) is 11.7 Å². The number of nitrogens with one attached hydrogen (secondary N) is 1. The quantitative estimate of drug-likeness (QED) is 0.674. The van der Waals surface area contributed by atoms with Gasteiger partial charge >= 0.3 is 0 Å². The third-order valence-electron chi connectivity index (χ3n) is 3.71. The number of nitrogens with two attached hydrogens (primary N) is 1. The molecule has 0 aliphatic carbocycles. The largest absolute Gasteiger partial charge is 0.391 e. The first-order valence-electron chi connectivity index (χ1n) is 7.33. The van der Waals surface area contributed by atoms with E-state index < -0.39 is 12.1 Å². The highest BCUT2D eigenvalue weighted by Gasteiger charge is 2.19. The summed E-state index contributed by atoms with van der Waals surface area (Å²) in [5.41, 5.74) is 6.92. The third-order valence-corrected chi connectivity index (χ3v) is 3.71. The lowest BCUT2D eigenvalue weighted by Crippen LogP contribution is -2.45. The van der Waals surface area contributed by atoms with Crippen LogP contribution in [0.15, 0.2) is 30.3 Å². The van der Waals surface area contributed by atoms with E-state index in [-0.39, 0.29) is 18.4 Å². The molecule has 0 saturated carbocycles. The molecule has 0 spiro atoms. The lowest BCUT2D eigenvalue weighted by molar-refractivity contribution is -0.123. The van der Waals surface area contributed by atoms with Crippen molar-refractivity contribution in [3.63, 3.8) is 0 Å². The fourth-order valence-corrected chi connectivity index (χ4v) is 2.30. The van der Waals surface area contributed by atoms with Crippen LogP contribution >= 0.6 is 0 Å². The summed E-state index contributed by atoms with van der Waals surface area (Å²) < 4.78 is 0. The first-order valence-corrected chi connectivity index (χ1v) is 7.33. The van der Waals surface area contributed by atoms with E-state index in [0.717, 1.165) is 18.4 Å². The molecular formula is C16H26N2O2. The molecule has 0 aliphatic rings. The fourth-order valence-electron chi connectivity index (χ4n) is 2.30. The Morgan fingerprint density at radius 1 is 1.25 bits per heavy atom. The minimum atomic E-state index is -0.577. The van der Waals surface area contributed by atoms with Crippen LogP contribution in [0.1, 0.15) is 32.3 Å². The summed E-state index contributed by atoms with van der Waals surface area (Å²) in [6.45, 7) is 4.36. The van der Waals surface area contributed by atoms with E-state index in [1.165, 1.54) is 0 Å². The van der Waals surface area contributed by atoms with Crippen molar-refractivity contribution < 1.29 is 9.90 Å². The molecule has 0 radical (unpaired) electrons. The lowest BCUT2D eigenvalue weighted by Gasteiger charge is -2.21. The highest BCUT2D eigenvalue weighted by Crippen LogP contribution is 2.12. The van der Waals surface area contributed by atoms with Gasteiger partial charge in [-0.1, -0.05) is 57.0 Å². The van der Waals surface area contributed by atoms with Gasteiger partial charge in [0.1, 0.15) is 0 Å². The second-order valence-corrected chi connectivity index (χ2v) is 5.19. The number of hydrogen-bond donors (Lipinski definition) is 3. The standard InChI is InChI=1S/C16H26N2O2/c1-3-13(4-2)15(19)11-18-16(20)14(17)10-12-8-6-5-7-9-12/h5-9,13-15,19H,3-4,10-11,17H2,1-2H3,(H,18,20)/t14-,15?/m1/s1. The fraction of sp³-hybridized carbons (Fsp3) is 0.562. The number of hydrogen-bond acceptors (Lipinski definition) is 3. The van der Waals surface area contributed by atoms with Crippen molar-refractivity contribution in [2.75, 3.05) is 6.54 Å². The topological polar surface area (TPSA) is 75.3 Å². The first kappa shape index (κ1) is 16.7. The van der Waals surface area contributed by atoms with Crippen LogP contribution in [0.3, 0.4) is 0 Å². The smallest absolute Gasteiger partial charge is 0.237 e. The summed E-state index contributed by atoms with van der Waals surface area (Å²) in [5.74, 6) is 0.0134. The first-order chi connectivity index (χ1) is 9.58. The molecule has 1 unspecified atom stereocenters. The molecule has 20 heavy (non-hydrogen) atoms. The summed E-state index contributed by atoms with van der Waals surface area (Å²) in [6.07, 6.45) is 1.82. The Balaban J connectivity index is 2.38. The molecular weight excluding hydrogens is 252 g/mol. The number of amides is 1. The maximum atomic E-state index is 11.9. The lowest BCUT2D eigenvalue weighted by atomic mass is 9.96. The molecule has 112 valence electrons. The molecule has 1 aromatic carbocycles. The molecule has 0 fully saturated rings. The molecule has 0 aromatic heterocycles. The maximum absolute atomic E-state index is 11.9. The zero-order chi connectivity index (χ0) is 15.0. The Morgan fingerprint density at radius 3 is 2.40 bits per heavy atom. The summed E-state index contributed by atoms with van der Waals surface area (Å²) >= 11 is 0. The van der Waals surface area contributed by atoms with Crippen LogP contribution in [-0.2, 0) is 11.2 Å². The summed E-state index contributed by atoms with van der Waals surface area (Å²) in [6, 6.07) is 9.11. The number of carbonyl (C=O) groups excluding carboxylic acids is 1. The van der Waals surface area contributed by atoms with Gasteiger partial charge in [0.2, 0.25) is 5.91 Å². The predicted molar refractivity (Wildman–Crippen MR) is 81.2 cm³/mol. The highest BCUT2D eigenvalue weighted by molar-refractivity contribution is 5.81. The van der Waals surface area contributed by atoms with Gasteiger partial charge in [0.25, 0.3) is 0 Å². The van der Waals surface area contributed by atoms with Gasteiger partial charge in [-0.2, -0.15) is 0 Å². The number of benzene rings is 1. The predicted octanol–water partition coefficient (Wildman–Crippen LogP) is 1.47. The molecule has 0 heterocycles. The minimum Gasteiger partial charge on any atom is -0.391 e. The second-order valence-electron chi connectivity index (χ2n) is 5.19. The van der Waals surface area contributed by atoms with Crippen LogP contribution in [0.5, 0.6) is 0 Å². The van der Waals surface area contributed by atoms with E-state index in [9.17, 15) is 9.90 Å². The summed E-state index contributed by atoms with van der Waals surface area (Å²) in [7, 11) is 0. The normalized spacial score (nSPS) is 14.1. The van der Waals surface area contributed by atoms with E-state index in [2.05, 4.69) is 5.32 Å². The van der Waals surface area contributed by atoms with Crippen molar-refractivity contribution in [3.8, 4) is 0 Å². The molecule has 4 N–H and O–H groups in total. The van der Waals surface area contributed by atoms with Crippen molar-refractivity contribution in [1.82, 2.24) is 5.32 Å². The van der Waals surface area contributed by atoms with Crippen LogP contribution in [0.2, 0.25) is 0 Å². The zero-order valence-corrected chi connectivity index (χ0v) is 12.4. The van der Waals surface area contributed by atoms with Crippen molar-refractivity contribution in [3.05, 3.63) is 35.9 Å². The Bertz CT molecular complexity index is 391. The Kier molecular flexibility index (Phi) is 7.26. The Hall–Kier alpha value is -1.39. The number of rotatable bonds is 8. The van der Waals surface area contributed by atoms with E-state index in [4.69, 9.17) is 5.73 Å². The minimum absolute atomic E-state index is 0.209. The van der Waals surface area contributed by atoms with Gasteiger partial charge in [-0.15, -0.1) is 0 Å². The SMILES string of the molecule is CCC(CC)C(O)CNC(=O)[C@H](N)Cc1ccccc1. The van der Waals surface area contributed by atoms with Crippen LogP contribution in [0.25, 0.3) is 0 Å². The van der Waals surface area contributed by atoms with Gasteiger partial charge in [-0.25, -0.2) is 0 Å². The van der Waals surface area contributed by atoms with Crippen molar-refractivity contribution in [1.29, 1.82) is 0 Å². The van der Waals surface area contributed by atoms with Crippen molar-refractivity contribution >= 4 is 5.91 Å². The Morgan fingerprint density at radius 2 is 1.85 bits per heavy atom. The van der Waals surface area contributed by atoms with Gasteiger partial charge in [-0.3, -0.25) is 4.79 Å². The molecule has 2 atom stereocenters. The van der Waals surface area contributed by atoms with E-state index in [0.29, 0.717) is 6.42 Å². The van der Waals surface area contributed by atoms with Crippen LogP contribution < -0.4 is 11.1 Å². The van der Waals surface area contributed by atoms with Gasteiger partial charge in [-0.05, 0) is 17.9 Å². The maximum Gasteiger partial charge on any atom is 0.237 e. The molecule has 0 saturated heterocycles. The van der Waals surface area contributed by atoms with E-state index in [1.54, 1.807) is 0 Å². The molecule has 4 nitrogen and oxygen atoms in total. The molecule has 4 heteroatoms. The number of aliphatic hydroxyl groups excluding tert-OH is 1. The molecule has 1 rings (SSSR count). The third kappa shape index (κ3) is 5.31. The monoisotopic (exact) mass is 278 g/mol. The zero-order valence-electron chi connectivity index (χ0n) is 12.4. The average Bonchev–Trinajstić information content (AvgIpc) is 2.47. The number of aliphatic hydroxyl groups is 1. The van der Waals surface area contributed by atoms with Gasteiger partial charge in [0, 0.05) is 6.54 Å². The van der Waals surface area contributed by atoms with Crippen LogP contribution in [0.4, 0.5) is 0 Å². The van der Waals surface area contributed by atoms with Gasteiger partial charge < -0.3 is 16.2 Å². The second kappa shape index (κ2) is 8.72. The summed E-state index contributed by atoms with van der Waals surface area (Å²) in [5, 5.41) is 12.7. The number of carbonyl (C=O) groups is 1. The molecule has 1 amide bonds. The van der Waals surface area contributed by atoms with Gasteiger partial charge in [0.15, 0.2) is 0 Å². The summed E-state index contributed by atoms with van der Waals surface area (Å²) in [4.78, 5) is 11.9. The Labute approximate surface area is 121 Å². The van der Waals surface area contributed by atoms with Crippen LogP contribution in [0, 0.1) is 5.92 Å². The molecule has 0 aliphatic heterocycles. The van der Waals surface area contributed by atoms with Crippen molar-refractivity contribution in [2.45, 2.75) is 45.3 Å². The van der Waals surface area contributed by atoms with Crippen LogP contribution in [-0.4, -0.2) is 29.7 Å². The van der Waals surface area contributed by atoms with E-state index >= 15 is 0 Å².